The number of nitrogens with zero attached hydrogens (tertiary/aromatic N) is 1. The second-order valence-electron chi connectivity index (χ2n) is 8.87. The Hall–Kier alpha value is -5.34. The van der Waals surface area contributed by atoms with E-state index in [1.54, 1.807) is 109 Å². The zero-order chi connectivity index (χ0) is 28.1. The minimum Gasteiger partial charge on any atom is -0.421 e. The van der Waals surface area contributed by atoms with Crippen LogP contribution in [0.4, 0.5) is 5.69 Å². The van der Waals surface area contributed by atoms with E-state index in [1.165, 1.54) is 7.11 Å². The number of imide groups is 1. The van der Waals surface area contributed by atoms with E-state index in [0.29, 0.717) is 10.9 Å². The fraction of sp³-hybridized carbons (Fsp3) is 0.0625. The highest BCUT2D eigenvalue weighted by molar-refractivity contribution is 6.27. The van der Waals surface area contributed by atoms with E-state index in [4.69, 9.17) is 9.47 Å². The molecule has 8 heteroatoms. The SMILES string of the molecule is COCc1ccc2[nH]c(=O)c(C(=O)N(C(=O)c3ccccc3)c3ccccc3)c(OC(=O)c3ccccc3)c2c1. The van der Waals surface area contributed by atoms with Gasteiger partial charge in [-0.15, -0.1) is 0 Å². The Morgan fingerprint density at radius 3 is 1.98 bits per heavy atom. The molecule has 0 aliphatic heterocycles. The van der Waals surface area contributed by atoms with Crippen molar-refractivity contribution in [1.29, 1.82) is 0 Å². The largest absolute Gasteiger partial charge is 0.421 e. The monoisotopic (exact) mass is 532 g/mol. The van der Waals surface area contributed by atoms with Gasteiger partial charge in [-0.1, -0.05) is 60.7 Å². The number of hydrogen-bond donors (Lipinski definition) is 1. The number of aromatic amines is 1. The predicted molar refractivity (Wildman–Crippen MR) is 151 cm³/mol. The van der Waals surface area contributed by atoms with Gasteiger partial charge in [0.05, 0.1) is 23.4 Å². The van der Waals surface area contributed by atoms with E-state index < -0.39 is 28.9 Å². The second-order valence-corrected chi connectivity index (χ2v) is 8.87. The van der Waals surface area contributed by atoms with Crippen LogP contribution in [0.2, 0.25) is 0 Å². The fourth-order valence-electron chi connectivity index (χ4n) is 4.32. The van der Waals surface area contributed by atoms with Gasteiger partial charge in [-0.3, -0.25) is 14.4 Å². The molecular weight excluding hydrogens is 508 g/mol. The molecule has 0 radical (unpaired) electrons. The molecule has 0 spiro atoms. The first-order valence-electron chi connectivity index (χ1n) is 12.4. The molecule has 198 valence electrons. The molecule has 0 aliphatic rings. The number of benzene rings is 4. The lowest BCUT2D eigenvalue weighted by Crippen LogP contribution is -2.40. The average Bonchev–Trinajstić information content (AvgIpc) is 2.99. The molecule has 0 saturated carbocycles. The summed E-state index contributed by atoms with van der Waals surface area (Å²) in [6.45, 7) is 0.243. The number of esters is 1. The molecule has 0 saturated heterocycles. The summed E-state index contributed by atoms with van der Waals surface area (Å²) in [6.07, 6.45) is 0. The molecular formula is C32H24N2O6. The number of hydrogen-bond acceptors (Lipinski definition) is 6. The minimum atomic E-state index is -0.948. The lowest BCUT2D eigenvalue weighted by atomic mass is 10.1. The second kappa shape index (κ2) is 11.6. The Balaban J connectivity index is 1.73. The van der Waals surface area contributed by atoms with Crippen molar-refractivity contribution in [3.8, 4) is 5.75 Å². The third kappa shape index (κ3) is 5.29. The number of nitrogens with one attached hydrogen (secondary N) is 1. The first-order valence-corrected chi connectivity index (χ1v) is 12.4. The highest BCUT2D eigenvalue weighted by Crippen LogP contribution is 2.31. The van der Waals surface area contributed by atoms with Gasteiger partial charge in [-0.25, -0.2) is 9.69 Å². The number of fused-ring (bicyclic) bond motifs is 1. The molecule has 5 aromatic rings. The van der Waals surface area contributed by atoms with Gasteiger partial charge in [0.2, 0.25) is 0 Å². The Labute approximate surface area is 229 Å². The third-order valence-corrected chi connectivity index (χ3v) is 6.20. The van der Waals surface area contributed by atoms with E-state index in [-0.39, 0.29) is 29.2 Å². The molecule has 0 unspecified atom stereocenters. The van der Waals surface area contributed by atoms with Gasteiger partial charge in [-0.05, 0) is 54.1 Å². The number of H-pyrrole nitrogens is 1. The zero-order valence-corrected chi connectivity index (χ0v) is 21.5. The van der Waals surface area contributed by atoms with Gasteiger partial charge < -0.3 is 14.5 Å². The lowest BCUT2D eigenvalue weighted by molar-refractivity contribution is 0.0735. The van der Waals surface area contributed by atoms with Gasteiger partial charge in [0.25, 0.3) is 17.4 Å². The molecule has 0 fully saturated rings. The number of methoxy groups -OCH3 is 1. The molecule has 0 bridgehead atoms. The van der Waals surface area contributed by atoms with Crippen molar-refractivity contribution in [2.24, 2.45) is 0 Å². The van der Waals surface area contributed by atoms with Crippen molar-refractivity contribution in [2.45, 2.75) is 6.61 Å². The molecule has 5 rings (SSSR count). The van der Waals surface area contributed by atoms with Crippen molar-refractivity contribution in [3.63, 3.8) is 0 Å². The number of pyridine rings is 1. The summed E-state index contributed by atoms with van der Waals surface area (Å²) < 4.78 is 11.0. The molecule has 4 aromatic carbocycles. The van der Waals surface area contributed by atoms with Gasteiger partial charge in [0.1, 0.15) is 5.56 Å². The predicted octanol–water partition coefficient (Wildman–Crippen LogP) is 5.38. The Morgan fingerprint density at radius 1 is 0.750 bits per heavy atom. The molecule has 1 aromatic heterocycles. The number of ether oxygens (including phenoxy) is 2. The fourth-order valence-corrected chi connectivity index (χ4v) is 4.32. The summed E-state index contributed by atoms with van der Waals surface area (Å²) in [6, 6.07) is 29.8. The summed E-state index contributed by atoms with van der Waals surface area (Å²) in [4.78, 5) is 58.2. The minimum absolute atomic E-state index is 0.225. The Bertz CT molecular complexity index is 1750. The van der Waals surface area contributed by atoms with Gasteiger partial charge in [-0.2, -0.15) is 0 Å². The normalized spacial score (nSPS) is 10.7. The number of rotatable bonds is 7. The van der Waals surface area contributed by atoms with Crippen molar-refractivity contribution in [1.82, 2.24) is 4.98 Å². The van der Waals surface area contributed by atoms with Crippen LogP contribution in [0.3, 0.4) is 0 Å². The van der Waals surface area contributed by atoms with E-state index in [2.05, 4.69) is 4.98 Å². The number of amides is 2. The van der Waals surface area contributed by atoms with Crippen molar-refractivity contribution in [3.05, 3.63) is 142 Å². The topological polar surface area (TPSA) is 106 Å². The molecule has 2 amide bonds. The van der Waals surface area contributed by atoms with E-state index >= 15 is 0 Å². The summed E-state index contributed by atoms with van der Waals surface area (Å²) in [5.74, 6) is -2.61. The lowest BCUT2D eigenvalue weighted by Gasteiger charge is -2.22. The molecule has 8 nitrogen and oxygen atoms in total. The molecule has 0 atom stereocenters. The van der Waals surface area contributed by atoms with Crippen molar-refractivity contribution in [2.75, 3.05) is 12.0 Å². The van der Waals surface area contributed by atoms with Gasteiger partial charge in [0, 0.05) is 18.1 Å². The number of carbonyl (C=O) groups excluding carboxylic acids is 3. The number of carbonyl (C=O) groups is 3. The molecule has 1 heterocycles. The van der Waals surface area contributed by atoms with Crippen LogP contribution in [0.5, 0.6) is 5.75 Å². The maximum atomic E-state index is 14.2. The first-order chi connectivity index (χ1) is 19.5. The summed E-state index contributed by atoms with van der Waals surface area (Å²) >= 11 is 0. The zero-order valence-electron chi connectivity index (χ0n) is 21.5. The van der Waals surface area contributed by atoms with Crippen molar-refractivity contribution < 1.29 is 23.9 Å². The van der Waals surface area contributed by atoms with E-state index in [1.807, 2.05) is 0 Å². The first kappa shape index (κ1) is 26.3. The summed E-state index contributed by atoms with van der Waals surface area (Å²) in [7, 11) is 1.54. The van der Waals surface area contributed by atoms with Gasteiger partial charge >= 0.3 is 5.97 Å². The maximum Gasteiger partial charge on any atom is 0.343 e. The van der Waals surface area contributed by atoms with Crippen LogP contribution in [-0.4, -0.2) is 29.9 Å². The Morgan fingerprint density at radius 2 is 1.35 bits per heavy atom. The van der Waals surface area contributed by atoms with Crippen LogP contribution in [0, 0.1) is 0 Å². The van der Waals surface area contributed by atoms with Crippen LogP contribution in [0.1, 0.15) is 36.6 Å². The molecule has 40 heavy (non-hydrogen) atoms. The maximum absolute atomic E-state index is 14.2. The van der Waals surface area contributed by atoms with E-state index in [0.717, 1.165) is 10.5 Å². The highest BCUT2D eigenvalue weighted by atomic mass is 16.5. The standard InChI is InChI=1S/C32H24N2O6/c1-39-20-21-17-18-26-25(19-21)28(40-32(38)23-13-7-3-8-14-23)27(29(35)33-26)31(37)34(24-15-9-4-10-16-24)30(36)22-11-5-2-6-12-22/h2-19H,20H2,1H3,(H,33,35). The smallest absolute Gasteiger partial charge is 0.343 e. The molecule has 1 N–H and O–H groups in total. The van der Waals surface area contributed by atoms with Crippen LogP contribution < -0.4 is 15.2 Å². The van der Waals surface area contributed by atoms with Gasteiger partial charge in [0.15, 0.2) is 5.75 Å². The Kier molecular flexibility index (Phi) is 7.61. The highest BCUT2D eigenvalue weighted by Gasteiger charge is 2.32. The number of anilines is 1. The van der Waals surface area contributed by atoms with Crippen LogP contribution in [0.15, 0.2) is 114 Å². The van der Waals surface area contributed by atoms with Crippen LogP contribution >= 0.6 is 0 Å². The van der Waals surface area contributed by atoms with Crippen LogP contribution in [0.25, 0.3) is 10.9 Å². The van der Waals surface area contributed by atoms with E-state index in [9.17, 15) is 19.2 Å². The summed E-state index contributed by atoms with van der Waals surface area (Å²) in [5.41, 5.74) is 0.476. The summed E-state index contributed by atoms with van der Waals surface area (Å²) in [5, 5.41) is 0.307. The third-order valence-electron chi connectivity index (χ3n) is 6.20. The van der Waals surface area contributed by atoms with Crippen molar-refractivity contribution >= 4 is 34.4 Å². The number of aromatic nitrogens is 1. The molecule has 0 aliphatic carbocycles. The van der Waals surface area contributed by atoms with Crippen LogP contribution in [-0.2, 0) is 11.3 Å². The number of para-hydroxylation sites is 1. The average molecular weight is 533 g/mol. The quantitative estimate of drug-likeness (QED) is 0.223.